The first kappa shape index (κ1) is 14.6. The minimum atomic E-state index is 0.436. The predicted molar refractivity (Wildman–Crippen MR) is 81.1 cm³/mol. The van der Waals surface area contributed by atoms with Crippen molar-refractivity contribution in [2.24, 2.45) is 0 Å². The molecule has 1 heterocycles. The number of nitrogens with one attached hydrogen (secondary N) is 1. The van der Waals surface area contributed by atoms with Gasteiger partial charge in [-0.1, -0.05) is 31.5 Å². The Kier molecular flexibility index (Phi) is 5.49. The van der Waals surface area contributed by atoms with E-state index >= 15 is 0 Å². The Labute approximate surface area is 120 Å². The molecule has 0 spiro atoms. The molecule has 1 unspecified atom stereocenters. The number of anilines is 1. The lowest BCUT2D eigenvalue weighted by atomic mass is 10.1. The van der Waals surface area contributed by atoms with Crippen LogP contribution in [-0.2, 0) is 11.3 Å². The lowest BCUT2D eigenvalue weighted by molar-refractivity contribution is 0.0930. The molecule has 0 saturated carbocycles. The Balaban J connectivity index is 2.14. The van der Waals surface area contributed by atoms with Crippen molar-refractivity contribution in [2.45, 2.75) is 32.9 Å². The zero-order chi connectivity index (χ0) is 13.7. The highest BCUT2D eigenvalue weighted by atomic mass is 35.5. The van der Waals surface area contributed by atoms with E-state index < -0.39 is 0 Å². The summed E-state index contributed by atoms with van der Waals surface area (Å²) in [6.45, 7) is 8.65. The monoisotopic (exact) mass is 282 g/mol. The van der Waals surface area contributed by atoms with Gasteiger partial charge < -0.3 is 15.0 Å². The normalized spacial score (nSPS) is 19.7. The predicted octanol–water partition coefficient (Wildman–Crippen LogP) is 3.06. The van der Waals surface area contributed by atoms with Gasteiger partial charge in [-0.3, -0.25) is 0 Å². The molecule has 19 heavy (non-hydrogen) atoms. The minimum Gasteiger partial charge on any atom is -0.377 e. The largest absolute Gasteiger partial charge is 0.377 e. The second kappa shape index (κ2) is 7.13. The van der Waals surface area contributed by atoms with Gasteiger partial charge in [-0.2, -0.15) is 0 Å². The van der Waals surface area contributed by atoms with Crippen molar-refractivity contribution in [3.8, 4) is 0 Å². The Morgan fingerprint density at radius 2 is 2.26 bits per heavy atom. The summed E-state index contributed by atoms with van der Waals surface area (Å²) in [5, 5.41) is 4.16. The van der Waals surface area contributed by atoms with E-state index in [1.165, 1.54) is 5.56 Å². The first-order valence-corrected chi connectivity index (χ1v) is 7.47. The van der Waals surface area contributed by atoms with E-state index in [9.17, 15) is 0 Å². The number of ether oxygens (including phenoxy) is 1. The molecule has 0 bridgehead atoms. The van der Waals surface area contributed by atoms with Crippen LogP contribution in [0.4, 0.5) is 5.69 Å². The number of hydrogen-bond donors (Lipinski definition) is 1. The van der Waals surface area contributed by atoms with Crippen molar-refractivity contribution in [2.75, 3.05) is 31.2 Å². The fourth-order valence-electron chi connectivity index (χ4n) is 2.47. The zero-order valence-corrected chi connectivity index (χ0v) is 12.5. The summed E-state index contributed by atoms with van der Waals surface area (Å²) in [6.07, 6.45) is 1.08. The van der Waals surface area contributed by atoms with Gasteiger partial charge in [0.25, 0.3) is 0 Å². The molecular weight excluding hydrogens is 260 g/mol. The smallest absolute Gasteiger partial charge is 0.0670 e. The molecule has 106 valence electrons. The maximum atomic E-state index is 6.45. The van der Waals surface area contributed by atoms with Crippen LogP contribution in [0.25, 0.3) is 0 Å². The molecule has 1 aromatic rings. The number of hydrogen-bond acceptors (Lipinski definition) is 3. The number of morpholine rings is 1. The Hall–Kier alpha value is -0.770. The molecule has 0 aliphatic carbocycles. The SMILES string of the molecule is CCNCc1ccc(N2CCOCC2CC)c(Cl)c1. The average Bonchev–Trinajstić information content (AvgIpc) is 2.45. The molecule has 4 heteroatoms. The molecule has 1 aliphatic rings. The molecule has 0 radical (unpaired) electrons. The summed E-state index contributed by atoms with van der Waals surface area (Å²) in [4.78, 5) is 2.38. The minimum absolute atomic E-state index is 0.436. The van der Waals surface area contributed by atoms with Crippen LogP contribution in [0.15, 0.2) is 18.2 Å². The third kappa shape index (κ3) is 3.62. The van der Waals surface area contributed by atoms with E-state index in [-0.39, 0.29) is 0 Å². The number of benzene rings is 1. The van der Waals surface area contributed by atoms with Crippen LogP contribution >= 0.6 is 11.6 Å². The molecule has 1 atom stereocenters. The second-order valence-corrected chi connectivity index (χ2v) is 5.30. The molecule has 1 fully saturated rings. The first-order chi connectivity index (χ1) is 9.26. The molecule has 1 N–H and O–H groups in total. The number of halogens is 1. The van der Waals surface area contributed by atoms with Crippen LogP contribution in [0.2, 0.25) is 5.02 Å². The fraction of sp³-hybridized carbons (Fsp3) is 0.600. The van der Waals surface area contributed by atoms with Gasteiger partial charge in [-0.25, -0.2) is 0 Å². The average molecular weight is 283 g/mol. The number of rotatable bonds is 5. The van der Waals surface area contributed by atoms with Crippen LogP contribution in [-0.4, -0.2) is 32.3 Å². The molecule has 0 aromatic heterocycles. The molecule has 1 saturated heterocycles. The zero-order valence-electron chi connectivity index (χ0n) is 11.8. The molecular formula is C15H23ClN2O. The van der Waals surface area contributed by atoms with Crippen molar-refractivity contribution in [1.29, 1.82) is 0 Å². The van der Waals surface area contributed by atoms with Crippen LogP contribution in [0.1, 0.15) is 25.8 Å². The molecule has 2 rings (SSSR count). The van der Waals surface area contributed by atoms with E-state index in [0.29, 0.717) is 6.04 Å². The van der Waals surface area contributed by atoms with Gasteiger partial charge in [-0.05, 0) is 30.7 Å². The lowest BCUT2D eigenvalue weighted by Crippen LogP contribution is -2.45. The fourth-order valence-corrected chi connectivity index (χ4v) is 2.78. The van der Waals surface area contributed by atoms with Crippen molar-refractivity contribution >= 4 is 17.3 Å². The van der Waals surface area contributed by atoms with Crippen molar-refractivity contribution in [1.82, 2.24) is 5.32 Å². The van der Waals surface area contributed by atoms with Crippen LogP contribution in [0, 0.1) is 0 Å². The van der Waals surface area contributed by atoms with Gasteiger partial charge in [0.05, 0.1) is 30.0 Å². The lowest BCUT2D eigenvalue weighted by Gasteiger charge is -2.37. The standard InChI is InChI=1S/C15H23ClN2O/c1-3-13-11-19-8-7-18(13)15-6-5-12(9-14(15)16)10-17-4-2/h5-6,9,13,17H,3-4,7-8,10-11H2,1-2H3. The van der Waals surface area contributed by atoms with Gasteiger partial charge in [0.15, 0.2) is 0 Å². The molecule has 1 aliphatic heterocycles. The van der Waals surface area contributed by atoms with E-state index in [1.54, 1.807) is 0 Å². The summed E-state index contributed by atoms with van der Waals surface area (Å²) >= 11 is 6.45. The van der Waals surface area contributed by atoms with Gasteiger partial charge in [0, 0.05) is 13.1 Å². The molecule has 1 aromatic carbocycles. The Morgan fingerprint density at radius 3 is 2.95 bits per heavy atom. The third-order valence-electron chi connectivity index (χ3n) is 3.60. The maximum Gasteiger partial charge on any atom is 0.0670 e. The topological polar surface area (TPSA) is 24.5 Å². The maximum absolute atomic E-state index is 6.45. The van der Waals surface area contributed by atoms with Gasteiger partial charge in [0.2, 0.25) is 0 Å². The van der Waals surface area contributed by atoms with Crippen LogP contribution < -0.4 is 10.2 Å². The Bertz CT molecular complexity index is 411. The van der Waals surface area contributed by atoms with Crippen LogP contribution in [0.5, 0.6) is 0 Å². The van der Waals surface area contributed by atoms with E-state index in [2.05, 4.69) is 42.3 Å². The van der Waals surface area contributed by atoms with E-state index in [1.807, 2.05) is 0 Å². The Morgan fingerprint density at radius 1 is 1.42 bits per heavy atom. The van der Waals surface area contributed by atoms with Gasteiger partial charge in [0.1, 0.15) is 0 Å². The van der Waals surface area contributed by atoms with Crippen LogP contribution in [0.3, 0.4) is 0 Å². The van der Waals surface area contributed by atoms with E-state index in [4.69, 9.17) is 16.3 Å². The summed E-state index contributed by atoms with van der Waals surface area (Å²) < 4.78 is 5.55. The summed E-state index contributed by atoms with van der Waals surface area (Å²) in [5.74, 6) is 0. The third-order valence-corrected chi connectivity index (χ3v) is 3.90. The number of nitrogens with zero attached hydrogens (tertiary/aromatic N) is 1. The first-order valence-electron chi connectivity index (χ1n) is 7.09. The highest BCUT2D eigenvalue weighted by molar-refractivity contribution is 6.33. The van der Waals surface area contributed by atoms with Gasteiger partial charge >= 0.3 is 0 Å². The highest BCUT2D eigenvalue weighted by Crippen LogP contribution is 2.30. The van der Waals surface area contributed by atoms with Crippen molar-refractivity contribution in [3.05, 3.63) is 28.8 Å². The van der Waals surface area contributed by atoms with E-state index in [0.717, 1.165) is 50.0 Å². The summed E-state index contributed by atoms with van der Waals surface area (Å²) in [6, 6.07) is 6.81. The second-order valence-electron chi connectivity index (χ2n) is 4.90. The highest BCUT2D eigenvalue weighted by Gasteiger charge is 2.23. The molecule has 3 nitrogen and oxygen atoms in total. The summed E-state index contributed by atoms with van der Waals surface area (Å²) in [7, 11) is 0. The van der Waals surface area contributed by atoms with Gasteiger partial charge in [-0.15, -0.1) is 0 Å². The summed E-state index contributed by atoms with van der Waals surface area (Å²) in [5.41, 5.74) is 2.37. The van der Waals surface area contributed by atoms with Crippen molar-refractivity contribution in [3.63, 3.8) is 0 Å². The quantitative estimate of drug-likeness (QED) is 0.898. The van der Waals surface area contributed by atoms with Crippen molar-refractivity contribution < 1.29 is 4.74 Å². The molecule has 0 amide bonds.